The first kappa shape index (κ1) is 16.4. The van der Waals surface area contributed by atoms with Gasteiger partial charge in [0.05, 0.1) is 6.61 Å². The van der Waals surface area contributed by atoms with Crippen LogP contribution < -0.4 is 0 Å². The van der Waals surface area contributed by atoms with Gasteiger partial charge in [0.15, 0.2) is 0 Å². The van der Waals surface area contributed by atoms with Gasteiger partial charge in [-0.05, 0) is 25.8 Å². The van der Waals surface area contributed by atoms with E-state index in [0.717, 1.165) is 18.7 Å². The maximum Gasteiger partial charge on any atom is 0.302 e. The molecule has 0 atom stereocenters. The van der Waals surface area contributed by atoms with E-state index in [1.807, 2.05) is 18.2 Å². The Morgan fingerprint density at radius 1 is 1.17 bits per heavy atom. The largest absolute Gasteiger partial charge is 0.466 e. The molecular weight excluding hydrogens is 226 g/mol. The van der Waals surface area contributed by atoms with E-state index in [1.54, 1.807) is 6.92 Å². The van der Waals surface area contributed by atoms with E-state index in [4.69, 9.17) is 0 Å². The quantitative estimate of drug-likeness (QED) is 0.605. The maximum absolute atomic E-state index is 9.82. The van der Waals surface area contributed by atoms with Gasteiger partial charge in [0.2, 0.25) is 0 Å². The number of carbonyl (C=O) groups excluding carboxylic acids is 1. The van der Waals surface area contributed by atoms with Gasteiger partial charge >= 0.3 is 5.97 Å². The molecule has 1 aromatic rings. The van der Waals surface area contributed by atoms with Crippen LogP contribution >= 0.6 is 0 Å². The van der Waals surface area contributed by atoms with Crippen LogP contribution in [-0.4, -0.2) is 24.8 Å². The molecule has 0 aromatic heterocycles. The Hall–Kier alpha value is -1.64. The number of benzene rings is 1. The molecule has 0 aliphatic carbocycles. The average Bonchev–Trinajstić information content (AvgIpc) is 2.37. The lowest BCUT2D eigenvalue weighted by atomic mass is 10.1. The Labute approximate surface area is 110 Å². The molecule has 0 unspecified atom stereocenters. The Morgan fingerprint density at radius 2 is 1.78 bits per heavy atom. The summed E-state index contributed by atoms with van der Waals surface area (Å²) in [5.41, 5.74) is 2.36. The van der Waals surface area contributed by atoms with Crippen molar-refractivity contribution in [3.8, 4) is 0 Å². The minimum absolute atomic E-state index is 0.211. The predicted octanol–water partition coefficient (Wildman–Crippen LogP) is 3.48. The van der Waals surface area contributed by atoms with Gasteiger partial charge in [-0.2, -0.15) is 0 Å². The van der Waals surface area contributed by atoms with Crippen molar-refractivity contribution in [2.75, 3.05) is 13.2 Å². The lowest BCUT2D eigenvalue weighted by Gasteiger charge is -1.98. The van der Waals surface area contributed by atoms with Crippen molar-refractivity contribution in [3.63, 3.8) is 0 Å². The average molecular weight is 249 g/mol. The Morgan fingerprint density at radius 3 is 2.17 bits per heavy atom. The lowest BCUT2D eigenvalue weighted by molar-refractivity contribution is -0.140. The molecule has 0 N–H and O–H groups in total. The van der Waals surface area contributed by atoms with Crippen molar-refractivity contribution in [1.29, 1.82) is 0 Å². The number of ether oxygens (including phenoxy) is 1. The molecule has 0 heterocycles. The minimum atomic E-state index is -0.211. The first-order chi connectivity index (χ1) is 8.61. The Balaban J connectivity index is 0.000000411. The minimum Gasteiger partial charge on any atom is -0.466 e. The fourth-order valence-corrected chi connectivity index (χ4v) is 1.25. The van der Waals surface area contributed by atoms with Crippen LogP contribution in [0.5, 0.6) is 0 Å². The molecule has 3 nitrogen and oxygen atoms in total. The summed E-state index contributed by atoms with van der Waals surface area (Å²) in [6, 6.07) is 10.3. The molecule has 0 spiro atoms. The first-order valence-electron chi connectivity index (χ1n) is 6.31. The molecule has 1 rings (SSSR count). The number of hydrogen-bond donors (Lipinski definition) is 0. The van der Waals surface area contributed by atoms with Gasteiger partial charge in [0.1, 0.15) is 0 Å². The van der Waals surface area contributed by atoms with Gasteiger partial charge in [-0.3, -0.25) is 9.79 Å². The number of hydrogen-bond acceptors (Lipinski definition) is 3. The van der Waals surface area contributed by atoms with Crippen molar-refractivity contribution in [2.45, 2.75) is 34.1 Å². The number of rotatable bonds is 4. The summed E-state index contributed by atoms with van der Waals surface area (Å²) in [7, 11) is 0. The van der Waals surface area contributed by atoms with E-state index >= 15 is 0 Å². The van der Waals surface area contributed by atoms with Crippen LogP contribution in [0, 0.1) is 0 Å². The molecule has 3 heteroatoms. The van der Waals surface area contributed by atoms with E-state index in [2.05, 4.69) is 35.7 Å². The third-order valence-electron chi connectivity index (χ3n) is 2.11. The molecule has 0 saturated heterocycles. The predicted molar refractivity (Wildman–Crippen MR) is 76.1 cm³/mol. The Kier molecular flexibility index (Phi) is 9.55. The molecule has 0 fully saturated rings. The standard InChI is InChI=1S/C11H15N.C4H8O2/c1-3-9-12-10(2)11-7-5-4-6-8-11;1-3-6-4(2)5/h4-8H,3,9H2,1-2H3;3H2,1-2H3. The SMILES string of the molecule is CCCN=C(C)c1ccccc1.CCOC(C)=O. The Bertz CT molecular complexity index is 358. The zero-order chi connectivity index (χ0) is 13.8. The van der Waals surface area contributed by atoms with Gasteiger partial charge < -0.3 is 4.74 Å². The fraction of sp³-hybridized carbons (Fsp3) is 0.467. The molecule has 100 valence electrons. The zero-order valence-corrected chi connectivity index (χ0v) is 11.8. The van der Waals surface area contributed by atoms with E-state index in [0.29, 0.717) is 6.61 Å². The number of esters is 1. The van der Waals surface area contributed by atoms with Crippen LogP contribution in [0.4, 0.5) is 0 Å². The summed E-state index contributed by atoms with van der Waals surface area (Å²) in [6.07, 6.45) is 1.12. The van der Waals surface area contributed by atoms with Crippen molar-refractivity contribution >= 4 is 11.7 Å². The molecule has 0 bridgehead atoms. The van der Waals surface area contributed by atoms with Crippen molar-refractivity contribution < 1.29 is 9.53 Å². The molecule has 0 amide bonds. The maximum atomic E-state index is 9.82. The van der Waals surface area contributed by atoms with E-state index in [-0.39, 0.29) is 5.97 Å². The van der Waals surface area contributed by atoms with E-state index in [1.165, 1.54) is 12.5 Å². The van der Waals surface area contributed by atoms with Gasteiger partial charge in [-0.25, -0.2) is 0 Å². The highest BCUT2D eigenvalue weighted by atomic mass is 16.5. The summed E-state index contributed by atoms with van der Waals surface area (Å²) in [6.45, 7) is 8.79. The highest BCUT2D eigenvalue weighted by Crippen LogP contribution is 2.00. The summed E-state index contributed by atoms with van der Waals surface area (Å²) in [5, 5.41) is 0. The molecule has 1 aromatic carbocycles. The van der Waals surface area contributed by atoms with Gasteiger partial charge in [-0.1, -0.05) is 37.3 Å². The van der Waals surface area contributed by atoms with Gasteiger partial charge in [0, 0.05) is 19.2 Å². The molecule has 0 aliphatic rings. The number of nitrogens with zero attached hydrogens (tertiary/aromatic N) is 1. The highest BCUT2D eigenvalue weighted by Gasteiger charge is 1.92. The third kappa shape index (κ3) is 8.50. The number of aliphatic imine (C=N–C) groups is 1. The van der Waals surface area contributed by atoms with Crippen LogP contribution in [0.15, 0.2) is 35.3 Å². The number of carbonyl (C=O) groups is 1. The van der Waals surface area contributed by atoms with Crippen LogP contribution in [0.1, 0.15) is 39.7 Å². The molecule has 18 heavy (non-hydrogen) atoms. The lowest BCUT2D eigenvalue weighted by Crippen LogP contribution is -1.95. The molecule has 0 aliphatic heterocycles. The summed E-state index contributed by atoms with van der Waals surface area (Å²) in [4.78, 5) is 14.3. The monoisotopic (exact) mass is 249 g/mol. The molecule has 0 radical (unpaired) electrons. The summed E-state index contributed by atoms with van der Waals surface area (Å²) in [5.74, 6) is -0.211. The van der Waals surface area contributed by atoms with Crippen LogP contribution in [0.3, 0.4) is 0 Å². The smallest absolute Gasteiger partial charge is 0.302 e. The normalized spacial score (nSPS) is 10.3. The second-order valence-corrected chi connectivity index (χ2v) is 3.76. The second-order valence-electron chi connectivity index (χ2n) is 3.76. The van der Waals surface area contributed by atoms with Gasteiger partial charge in [-0.15, -0.1) is 0 Å². The van der Waals surface area contributed by atoms with Crippen molar-refractivity contribution in [3.05, 3.63) is 35.9 Å². The molecule has 0 saturated carbocycles. The first-order valence-corrected chi connectivity index (χ1v) is 6.31. The van der Waals surface area contributed by atoms with Crippen LogP contribution in [0.2, 0.25) is 0 Å². The molecular formula is C15H23NO2. The second kappa shape index (κ2) is 10.5. The zero-order valence-electron chi connectivity index (χ0n) is 11.8. The van der Waals surface area contributed by atoms with Crippen LogP contribution in [-0.2, 0) is 9.53 Å². The van der Waals surface area contributed by atoms with Gasteiger partial charge in [0.25, 0.3) is 0 Å². The topological polar surface area (TPSA) is 38.7 Å². The van der Waals surface area contributed by atoms with E-state index in [9.17, 15) is 4.79 Å². The van der Waals surface area contributed by atoms with Crippen molar-refractivity contribution in [2.24, 2.45) is 4.99 Å². The van der Waals surface area contributed by atoms with Crippen molar-refractivity contribution in [1.82, 2.24) is 0 Å². The summed E-state index contributed by atoms with van der Waals surface area (Å²) < 4.78 is 4.40. The van der Waals surface area contributed by atoms with Crippen LogP contribution in [0.25, 0.3) is 0 Å². The third-order valence-corrected chi connectivity index (χ3v) is 2.11. The summed E-state index contributed by atoms with van der Waals surface area (Å²) >= 11 is 0. The van der Waals surface area contributed by atoms with E-state index < -0.39 is 0 Å². The highest BCUT2D eigenvalue weighted by molar-refractivity contribution is 5.98. The fourth-order valence-electron chi connectivity index (χ4n) is 1.25.